The number of aliphatic hydroxyl groups excluding tert-OH is 2. The van der Waals surface area contributed by atoms with Crippen LogP contribution in [0.2, 0.25) is 0 Å². The molecular weight excluding hydrogens is 422 g/mol. The Bertz CT molecular complexity index is 768. The second-order valence-corrected chi connectivity index (χ2v) is 7.29. The van der Waals surface area contributed by atoms with Crippen LogP contribution < -0.4 is 5.73 Å². The molecule has 0 bridgehead atoms. The minimum Gasteiger partial charge on any atom is -0.388 e. The second-order valence-electron chi connectivity index (χ2n) is 4.10. The summed E-state index contributed by atoms with van der Waals surface area (Å²) in [6, 6.07) is 0. The van der Waals surface area contributed by atoms with Crippen LogP contribution in [0.4, 0.5) is 0 Å². The molecule has 0 saturated carbocycles. The first kappa shape index (κ1) is 24.0. The quantitative estimate of drug-likeness (QED) is 0.166. The predicted molar refractivity (Wildman–Crippen MR) is 71.6 cm³/mol. The highest BCUT2D eigenvalue weighted by atomic mass is 32.3. The Hall–Kier alpha value is -1.00. The number of hydrogen-bond donors (Lipinski definition) is 6. The van der Waals surface area contributed by atoms with Crippen molar-refractivity contribution in [2.45, 2.75) is 24.4 Å². The standard InChI is InChI=1S/C6H13NO15S3/c7-6(10)3(9)5(22-25(17,18)19)4(21-24(14,15)16)2(8)1-20-23(11,12)13/h2-5,8-9H,1H2,(H2,7,10)(H,11,12,13)(H,14,15,16)(H,17,18,19)/t2-,3-,4-,5-/m1/s1. The molecule has 0 aliphatic heterocycles. The molecule has 16 nitrogen and oxygen atoms in total. The van der Waals surface area contributed by atoms with E-state index < -0.39 is 68.1 Å². The molecule has 0 aromatic carbocycles. The molecule has 0 saturated heterocycles. The zero-order chi connectivity index (χ0) is 20.2. The molecule has 0 rings (SSSR count). The first-order chi connectivity index (χ1) is 10.9. The summed E-state index contributed by atoms with van der Waals surface area (Å²) in [6.07, 6.45) is -10.9. The lowest BCUT2D eigenvalue weighted by Crippen LogP contribution is -2.54. The Morgan fingerprint density at radius 2 is 1.24 bits per heavy atom. The lowest BCUT2D eigenvalue weighted by atomic mass is 10.0. The number of hydrogen-bond acceptors (Lipinski definition) is 12. The lowest BCUT2D eigenvalue weighted by Gasteiger charge is -2.29. The van der Waals surface area contributed by atoms with Crippen molar-refractivity contribution in [3.05, 3.63) is 0 Å². The van der Waals surface area contributed by atoms with Crippen molar-refractivity contribution in [2.24, 2.45) is 5.73 Å². The number of nitrogens with two attached hydrogens (primary N) is 1. The van der Waals surface area contributed by atoms with Crippen LogP contribution in [0.5, 0.6) is 0 Å². The molecule has 0 aliphatic carbocycles. The largest absolute Gasteiger partial charge is 0.397 e. The number of carbonyl (C=O) groups excluding carboxylic acids is 1. The van der Waals surface area contributed by atoms with Crippen LogP contribution in [0.25, 0.3) is 0 Å². The van der Waals surface area contributed by atoms with Gasteiger partial charge in [0.1, 0.15) is 18.3 Å². The van der Waals surface area contributed by atoms with Crippen molar-refractivity contribution >= 4 is 37.1 Å². The van der Waals surface area contributed by atoms with Gasteiger partial charge in [0, 0.05) is 0 Å². The van der Waals surface area contributed by atoms with E-state index in [1.54, 1.807) is 0 Å². The van der Waals surface area contributed by atoms with Gasteiger partial charge in [-0.2, -0.15) is 25.3 Å². The minimum atomic E-state index is -5.53. The van der Waals surface area contributed by atoms with Gasteiger partial charge in [0.25, 0.3) is 0 Å². The van der Waals surface area contributed by atoms with E-state index in [1.807, 2.05) is 0 Å². The van der Waals surface area contributed by atoms with Gasteiger partial charge in [-0.3, -0.25) is 18.5 Å². The average molecular weight is 435 g/mol. The van der Waals surface area contributed by atoms with E-state index >= 15 is 0 Å². The minimum absolute atomic E-state index is 1.53. The Morgan fingerprint density at radius 3 is 1.56 bits per heavy atom. The number of rotatable bonds is 11. The fourth-order valence-electron chi connectivity index (χ4n) is 1.32. The molecule has 0 aromatic rings. The summed E-state index contributed by atoms with van der Waals surface area (Å²) in [6.45, 7) is -1.53. The maximum Gasteiger partial charge on any atom is 0.397 e. The average Bonchev–Trinajstić information content (AvgIpc) is 2.35. The summed E-state index contributed by atoms with van der Waals surface area (Å²) in [4.78, 5) is 10.9. The molecular formula is C6H13NO15S3. The Labute approximate surface area is 141 Å². The number of carbonyl (C=O) groups is 1. The summed E-state index contributed by atoms with van der Waals surface area (Å²) < 4.78 is 101. The van der Waals surface area contributed by atoms with Gasteiger partial charge in [0.2, 0.25) is 5.91 Å². The smallest absolute Gasteiger partial charge is 0.388 e. The predicted octanol–water partition coefficient (Wildman–Crippen LogP) is -4.61. The van der Waals surface area contributed by atoms with Gasteiger partial charge >= 0.3 is 31.2 Å². The zero-order valence-corrected chi connectivity index (χ0v) is 14.1. The van der Waals surface area contributed by atoms with E-state index in [4.69, 9.17) is 13.7 Å². The number of aliphatic hydroxyl groups is 2. The molecule has 7 N–H and O–H groups in total. The van der Waals surface area contributed by atoms with Crippen molar-refractivity contribution < 1.29 is 66.5 Å². The molecule has 0 heterocycles. The van der Waals surface area contributed by atoms with Gasteiger partial charge in [0.15, 0.2) is 6.10 Å². The summed E-state index contributed by atoms with van der Waals surface area (Å²) in [5.74, 6) is -1.76. The molecule has 19 heteroatoms. The molecule has 0 unspecified atom stereocenters. The third-order valence-corrected chi connectivity index (χ3v) is 3.52. The Morgan fingerprint density at radius 1 is 0.840 bits per heavy atom. The van der Waals surface area contributed by atoms with E-state index in [1.165, 1.54) is 0 Å². The SMILES string of the molecule is NC(=O)[C@H](O)[C@@H](OS(=O)(=O)O)[C@H](OS(=O)(=O)O)[C@H](O)COS(=O)(=O)O. The Kier molecular flexibility index (Phi) is 8.25. The maximum absolute atomic E-state index is 10.9. The van der Waals surface area contributed by atoms with Gasteiger partial charge < -0.3 is 15.9 Å². The van der Waals surface area contributed by atoms with E-state index in [0.29, 0.717) is 0 Å². The fraction of sp³-hybridized carbons (Fsp3) is 0.833. The van der Waals surface area contributed by atoms with Crippen molar-refractivity contribution in [1.82, 2.24) is 0 Å². The van der Waals surface area contributed by atoms with Crippen molar-refractivity contribution in [1.29, 1.82) is 0 Å². The third kappa shape index (κ3) is 10.6. The summed E-state index contributed by atoms with van der Waals surface area (Å²) in [7, 11) is -16.2. The van der Waals surface area contributed by atoms with Gasteiger partial charge in [-0.15, -0.1) is 0 Å². The highest BCUT2D eigenvalue weighted by molar-refractivity contribution is 7.81. The molecule has 150 valence electrons. The summed E-state index contributed by atoms with van der Waals surface area (Å²) >= 11 is 0. The maximum atomic E-state index is 10.9. The van der Waals surface area contributed by atoms with Crippen molar-refractivity contribution in [3.63, 3.8) is 0 Å². The monoisotopic (exact) mass is 435 g/mol. The van der Waals surface area contributed by atoms with Crippen LogP contribution in [0, 0.1) is 0 Å². The van der Waals surface area contributed by atoms with E-state index in [9.17, 15) is 40.3 Å². The zero-order valence-electron chi connectivity index (χ0n) is 11.6. The molecule has 25 heavy (non-hydrogen) atoms. The van der Waals surface area contributed by atoms with Crippen LogP contribution in [0.3, 0.4) is 0 Å². The van der Waals surface area contributed by atoms with E-state index in [2.05, 4.69) is 18.3 Å². The number of amides is 1. The molecule has 0 aliphatic rings. The van der Waals surface area contributed by atoms with Gasteiger partial charge in [-0.25, -0.2) is 12.5 Å². The first-order valence-corrected chi connectivity index (χ1v) is 9.61. The second kappa shape index (κ2) is 8.59. The van der Waals surface area contributed by atoms with Crippen LogP contribution in [-0.2, 0) is 48.5 Å². The fourth-order valence-corrected chi connectivity index (χ4v) is 2.64. The molecule has 0 spiro atoms. The highest BCUT2D eigenvalue weighted by Crippen LogP contribution is 2.18. The molecule has 0 aromatic heterocycles. The number of primary amides is 1. The van der Waals surface area contributed by atoms with Crippen LogP contribution in [-0.4, -0.2) is 86.1 Å². The van der Waals surface area contributed by atoms with Crippen LogP contribution in [0.15, 0.2) is 0 Å². The third-order valence-electron chi connectivity index (χ3n) is 2.16. The highest BCUT2D eigenvalue weighted by Gasteiger charge is 2.43. The Balaban J connectivity index is 5.86. The van der Waals surface area contributed by atoms with Crippen molar-refractivity contribution in [2.75, 3.05) is 6.61 Å². The molecule has 0 radical (unpaired) electrons. The van der Waals surface area contributed by atoms with E-state index in [0.717, 1.165) is 0 Å². The topological polar surface area (TPSA) is 274 Å². The van der Waals surface area contributed by atoms with Gasteiger partial charge in [-0.1, -0.05) is 0 Å². The lowest BCUT2D eigenvalue weighted by molar-refractivity contribution is -0.139. The molecule has 1 amide bonds. The van der Waals surface area contributed by atoms with Crippen LogP contribution >= 0.6 is 0 Å². The first-order valence-electron chi connectivity index (χ1n) is 5.51. The van der Waals surface area contributed by atoms with Crippen LogP contribution in [0.1, 0.15) is 0 Å². The normalized spacial score (nSPS) is 18.3. The summed E-state index contributed by atoms with van der Waals surface area (Å²) in [5, 5.41) is 19.1. The van der Waals surface area contributed by atoms with Crippen molar-refractivity contribution in [3.8, 4) is 0 Å². The molecule has 4 atom stereocenters. The van der Waals surface area contributed by atoms with Gasteiger partial charge in [-0.05, 0) is 0 Å². The molecule has 0 fully saturated rings. The van der Waals surface area contributed by atoms with Gasteiger partial charge in [0.05, 0.1) is 6.61 Å². The summed E-state index contributed by atoms with van der Waals surface area (Å²) in [5.41, 5.74) is 4.64. The van der Waals surface area contributed by atoms with E-state index in [-0.39, 0.29) is 0 Å².